The van der Waals surface area contributed by atoms with Crippen LogP contribution in [0.4, 0.5) is 11.6 Å². The highest BCUT2D eigenvalue weighted by molar-refractivity contribution is 7.11. The van der Waals surface area contributed by atoms with Gasteiger partial charge in [0.25, 0.3) is 0 Å². The van der Waals surface area contributed by atoms with E-state index in [0.29, 0.717) is 6.42 Å². The van der Waals surface area contributed by atoms with Gasteiger partial charge < -0.3 is 14.5 Å². The molecule has 178 valence electrons. The second kappa shape index (κ2) is 10.1. The predicted molar refractivity (Wildman–Crippen MR) is 135 cm³/mol. The summed E-state index contributed by atoms with van der Waals surface area (Å²) >= 11 is 1.40. The molecule has 1 aromatic carbocycles. The zero-order valence-electron chi connectivity index (χ0n) is 19.8. The van der Waals surface area contributed by atoms with Crippen molar-refractivity contribution in [1.82, 2.24) is 15.0 Å². The Morgan fingerprint density at radius 1 is 1.12 bits per heavy atom. The van der Waals surface area contributed by atoms with Crippen LogP contribution in [0, 0.1) is 6.92 Å². The molecule has 0 amide bonds. The zero-order valence-corrected chi connectivity index (χ0v) is 20.6. The maximum absolute atomic E-state index is 12.4. The van der Waals surface area contributed by atoms with Crippen molar-refractivity contribution in [1.29, 1.82) is 0 Å². The summed E-state index contributed by atoms with van der Waals surface area (Å²) in [5, 5.41) is 0. The maximum Gasteiger partial charge on any atom is 0.175 e. The minimum absolute atomic E-state index is 0.126. The average molecular weight is 478 g/mol. The molecule has 0 aliphatic carbocycles. The van der Waals surface area contributed by atoms with Crippen LogP contribution in [-0.4, -0.2) is 53.0 Å². The molecule has 2 atom stereocenters. The van der Waals surface area contributed by atoms with Gasteiger partial charge in [0.1, 0.15) is 29.8 Å². The molecule has 0 bridgehead atoms. The van der Waals surface area contributed by atoms with Crippen molar-refractivity contribution in [2.75, 3.05) is 36.0 Å². The first-order valence-corrected chi connectivity index (χ1v) is 13.0. The molecule has 2 fully saturated rings. The van der Waals surface area contributed by atoms with E-state index in [9.17, 15) is 4.79 Å². The maximum atomic E-state index is 12.4. The molecule has 3 aromatic rings. The smallest absolute Gasteiger partial charge is 0.175 e. The summed E-state index contributed by atoms with van der Waals surface area (Å²) in [6.45, 7) is 8.13. The molecule has 2 aliphatic heterocycles. The molecule has 34 heavy (non-hydrogen) atoms. The number of aromatic nitrogens is 3. The summed E-state index contributed by atoms with van der Waals surface area (Å²) in [5.41, 5.74) is 4.01. The number of Topliss-reactive ketones (excluding diaryl/α,β-unsaturated/α-hetero) is 1. The predicted octanol–water partition coefficient (Wildman–Crippen LogP) is 4.88. The third-order valence-electron chi connectivity index (χ3n) is 6.83. The molecule has 0 radical (unpaired) electrons. The van der Waals surface area contributed by atoms with E-state index in [1.807, 2.05) is 12.1 Å². The van der Waals surface area contributed by atoms with Gasteiger partial charge in [0.05, 0.1) is 16.9 Å². The monoisotopic (exact) mass is 477 g/mol. The van der Waals surface area contributed by atoms with Crippen LogP contribution in [-0.2, 0) is 0 Å². The molecule has 7 nitrogen and oxygen atoms in total. The summed E-state index contributed by atoms with van der Waals surface area (Å²) in [5.74, 6) is 3.27. The third-order valence-corrected chi connectivity index (χ3v) is 7.65. The number of carbonyl (C=O) groups is 1. The Hall–Kier alpha value is -3.00. The van der Waals surface area contributed by atoms with Crippen LogP contribution >= 0.6 is 11.3 Å². The van der Waals surface area contributed by atoms with Crippen molar-refractivity contribution in [2.45, 2.75) is 51.6 Å². The Morgan fingerprint density at radius 3 is 2.56 bits per heavy atom. The van der Waals surface area contributed by atoms with E-state index in [1.165, 1.54) is 24.2 Å². The lowest BCUT2D eigenvalue weighted by atomic mass is 9.95. The largest absolute Gasteiger partial charge is 0.489 e. The van der Waals surface area contributed by atoms with Crippen LogP contribution in [0.15, 0.2) is 42.3 Å². The molecule has 4 heterocycles. The number of carbonyl (C=O) groups excluding carboxylic acids is 1. The van der Waals surface area contributed by atoms with Gasteiger partial charge in [-0.05, 0) is 43.4 Å². The topological polar surface area (TPSA) is 71.5 Å². The van der Waals surface area contributed by atoms with Gasteiger partial charge in [-0.2, -0.15) is 0 Å². The third kappa shape index (κ3) is 4.92. The van der Waals surface area contributed by atoms with Gasteiger partial charge >= 0.3 is 0 Å². The Labute approximate surface area is 204 Å². The van der Waals surface area contributed by atoms with E-state index in [2.05, 4.69) is 50.7 Å². The number of ketones is 1. The number of ether oxygens (including phenoxy) is 1. The number of thiazole rings is 1. The van der Waals surface area contributed by atoms with Crippen LogP contribution in [0.1, 0.15) is 59.3 Å². The van der Waals surface area contributed by atoms with Crippen molar-refractivity contribution in [3.63, 3.8) is 0 Å². The lowest BCUT2D eigenvalue weighted by Crippen LogP contribution is -2.27. The van der Waals surface area contributed by atoms with Gasteiger partial charge in [0.15, 0.2) is 5.78 Å². The minimum Gasteiger partial charge on any atom is -0.489 e. The molecule has 8 heteroatoms. The molecule has 5 rings (SSSR count). The fourth-order valence-electron chi connectivity index (χ4n) is 4.93. The zero-order chi connectivity index (χ0) is 23.5. The number of benzene rings is 1. The molecular formula is C26H31N5O2S. The number of anilines is 2. The van der Waals surface area contributed by atoms with Gasteiger partial charge in [-0.3, -0.25) is 9.78 Å². The first-order valence-electron chi connectivity index (χ1n) is 12.1. The van der Waals surface area contributed by atoms with Crippen molar-refractivity contribution in [3.05, 3.63) is 58.3 Å². The Bertz CT molecular complexity index is 1110. The van der Waals surface area contributed by atoms with Gasteiger partial charge in [0, 0.05) is 44.2 Å². The van der Waals surface area contributed by atoms with Crippen LogP contribution < -0.4 is 14.5 Å². The summed E-state index contributed by atoms with van der Waals surface area (Å²) in [6.07, 6.45) is 7.39. The fourth-order valence-corrected chi connectivity index (χ4v) is 5.50. The molecule has 0 saturated carbocycles. The lowest BCUT2D eigenvalue weighted by molar-refractivity contribution is 0.0979. The highest BCUT2D eigenvalue weighted by atomic mass is 32.1. The SMILES string of the molecule is Cc1c(N2CCCC2)ncnc1N1CC[C@@H](Oc2ccc([C@H](C)CC(=O)c3cncs3)cc2)C1. The van der Waals surface area contributed by atoms with Gasteiger partial charge in [-0.15, -0.1) is 11.3 Å². The van der Waals surface area contributed by atoms with E-state index >= 15 is 0 Å². The van der Waals surface area contributed by atoms with Crippen molar-refractivity contribution < 1.29 is 9.53 Å². The fraction of sp³-hybridized carbons (Fsp3) is 0.462. The minimum atomic E-state index is 0.126. The summed E-state index contributed by atoms with van der Waals surface area (Å²) in [4.78, 5) is 31.0. The molecule has 2 saturated heterocycles. The van der Waals surface area contributed by atoms with E-state index in [-0.39, 0.29) is 17.8 Å². The average Bonchev–Trinajstić information content (AvgIpc) is 3.62. The van der Waals surface area contributed by atoms with Gasteiger partial charge in [-0.25, -0.2) is 9.97 Å². The van der Waals surface area contributed by atoms with Crippen molar-refractivity contribution in [3.8, 4) is 5.75 Å². The lowest BCUT2D eigenvalue weighted by Gasteiger charge is -2.24. The second-order valence-corrected chi connectivity index (χ2v) is 10.2. The Balaban J connectivity index is 1.18. The van der Waals surface area contributed by atoms with E-state index < -0.39 is 0 Å². The summed E-state index contributed by atoms with van der Waals surface area (Å²) < 4.78 is 6.30. The van der Waals surface area contributed by atoms with E-state index in [4.69, 9.17) is 4.74 Å². The number of hydrogen-bond acceptors (Lipinski definition) is 8. The van der Waals surface area contributed by atoms with Crippen molar-refractivity contribution >= 4 is 28.8 Å². The van der Waals surface area contributed by atoms with E-state index in [1.54, 1.807) is 18.0 Å². The van der Waals surface area contributed by atoms with Crippen LogP contribution in [0.3, 0.4) is 0 Å². The molecule has 0 unspecified atom stereocenters. The first-order chi connectivity index (χ1) is 16.6. The normalized spacial score (nSPS) is 18.9. The standard InChI is InChI=1S/C26H31N5O2S/c1-18(13-23(32)24-14-27-17-34-24)20-5-7-21(8-6-20)33-22-9-12-31(15-22)26-19(2)25(28-16-29-26)30-10-3-4-11-30/h5-8,14,16-18,22H,3-4,9-13,15H2,1-2H3/t18-,22-/m1/s1. The van der Waals surface area contributed by atoms with Crippen molar-refractivity contribution in [2.24, 2.45) is 0 Å². The number of nitrogens with zero attached hydrogens (tertiary/aromatic N) is 5. The summed E-state index contributed by atoms with van der Waals surface area (Å²) in [7, 11) is 0. The van der Waals surface area contributed by atoms with Crippen LogP contribution in [0.2, 0.25) is 0 Å². The van der Waals surface area contributed by atoms with Gasteiger partial charge in [-0.1, -0.05) is 19.1 Å². The quantitative estimate of drug-likeness (QED) is 0.428. The Kier molecular flexibility index (Phi) is 6.76. The molecule has 2 aliphatic rings. The van der Waals surface area contributed by atoms with Crippen LogP contribution in [0.5, 0.6) is 5.75 Å². The van der Waals surface area contributed by atoms with E-state index in [0.717, 1.165) is 66.0 Å². The first kappa shape index (κ1) is 22.8. The molecule has 2 aromatic heterocycles. The van der Waals surface area contributed by atoms with Crippen LogP contribution in [0.25, 0.3) is 0 Å². The van der Waals surface area contributed by atoms with Gasteiger partial charge in [0.2, 0.25) is 0 Å². The number of hydrogen-bond donors (Lipinski definition) is 0. The number of rotatable bonds is 8. The molecule has 0 N–H and O–H groups in total. The highest BCUT2D eigenvalue weighted by Crippen LogP contribution is 2.31. The Morgan fingerprint density at radius 2 is 1.85 bits per heavy atom. The molecular weight excluding hydrogens is 446 g/mol. The highest BCUT2D eigenvalue weighted by Gasteiger charge is 2.28. The summed E-state index contributed by atoms with van der Waals surface area (Å²) in [6, 6.07) is 8.19. The second-order valence-electron chi connectivity index (χ2n) is 9.28. The molecule has 0 spiro atoms.